The number of nitrogens with two attached hydrogens (primary N) is 1. The van der Waals surface area contributed by atoms with Crippen molar-refractivity contribution in [3.63, 3.8) is 0 Å². The molecule has 2 heterocycles. The summed E-state index contributed by atoms with van der Waals surface area (Å²) in [6, 6.07) is 1.67. The standard InChI is InChI=1S/C10H13N7O/c11-3-2-8-6-17(16-15-8)7-9(18)14-10-12-4-1-5-13-10/h1,4-6H,2-3,7,11H2,(H,12,13,14,18). The molecular weight excluding hydrogens is 234 g/mol. The van der Waals surface area contributed by atoms with Gasteiger partial charge in [0.2, 0.25) is 11.9 Å². The van der Waals surface area contributed by atoms with Crippen LogP contribution in [0.25, 0.3) is 0 Å². The molecule has 2 aromatic rings. The molecule has 3 N–H and O–H groups in total. The topological polar surface area (TPSA) is 112 Å². The Kier molecular flexibility index (Phi) is 3.92. The molecular formula is C10H13N7O. The number of hydrogen-bond acceptors (Lipinski definition) is 6. The largest absolute Gasteiger partial charge is 0.330 e. The van der Waals surface area contributed by atoms with E-state index in [4.69, 9.17) is 5.73 Å². The second-order valence-corrected chi connectivity index (χ2v) is 3.57. The highest BCUT2D eigenvalue weighted by atomic mass is 16.2. The van der Waals surface area contributed by atoms with Gasteiger partial charge in [0.1, 0.15) is 6.54 Å². The quantitative estimate of drug-likeness (QED) is 0.716. The fourth-order valence-corrected chi connectivity index (χ4v) is 1.35. The molecule has 0 aliphatic carbocycles. The fraction of sp³-hybridized carbons (Fsp3) is 0.300. The van der Waals surface area contributed by atoms with Gasteiger partial charge in [-0.3, -0.25) is 10.1 Å². The molecule has 2 rings (SSSR count). The van der Waals surface area contributed by atoms with Gasteiger partial charge in [-0.25, -0.2) is 14.6 Å². The lowest BCUT2D eigenvalue weighted by Crippen LogP contribution is -2.20. The maximum atomic E-state index is 11.6. The first-order chi connectivity index (χ1) is 8.78. The van der Waals surface area contributed by atoms with E-state index in [-0.39, 0.29) is 18.4 Å². The van der Waals surface area contributed by atoms with Crippen LogP contribution in [0.3, 0.4) is 0 Å². The van der Waals surface area contributed by atoms with E-state index in [0.29, 0.717) is 13.0 Å². The van der Waals surface area contributed by atoms with Crippen molar-refractivity contribution in [1.29, 1.82) is 0 Å². The smallest absolute Gasteiger partial charge is 0.248 e. The highest BCUT2D eigenvalue weighted by molar-refractivity contribution is 5.88. The molecule has 0 bridgehead atoms. The molecule has 94 valence electrons. The number of aromatic nitrogens is 5. The third kappa shape index (κ3) is 3.32. The lowest BCUT2D eigenvalue weighted by atomic mass is 10.3. The Balaban J connectivity index is 1.90. The molecule has 2 aromatic heterocycles. The molecule has 0 radical (unpaired) electrons. The predicted octanol–water partition coefficient (Wildman–Crippen LogP) is -0.792. The van der Waals surface area contributed by atoms with Gasteiger partial charge in [0.05, 0.1) is 5.69 Å². The Hall–Kier alpha value is -2.35. The summed E-state index contributed by atoms with van der Waals surface area (Å²) < 4.78 is 1.45. The molecule has 0 fully saturated rings. The first-order valence-corrected chi connectivity index (χ1v) is 5.44. The zero-order valence-corrected chi connectivity index (χ0v) is 9.65. The van der Waals surface area contributed by atoms with E-state index in [1.807, 2.05) is 0 Å². The first kappa shape index (κ1) is 12.1. The lowest BCUT2D eigenvalue weighted by Gasteiger charge is -2.02. The van der Waals surface area contributed by atoms with Crippen LogP contribution in [0.4, 0.5) is 5.95 Å². The van der Waals surface area contributed by atoms with Crippen molar-refractivity contribution in [2.45, 2.75) is 13.0 Å². The van der Waals surface area contributed by atoms with E-state index in [2.05, 4.69) is 25.6 Å². The van der Waals surface area contributed by atoms with Crippen molar-refractivity contribution in [3.8, 4) is 0 Å². The predicted molar refractivity (Wildman–Crippen MR) is 63.4 cm³/mol. The monoisotopic (exact) mass is 247 g/mol. The van der Waals surface area contributed by atoms with Crippen molar-refractivity contribution < 1.29 is 4.79 Å². The van der Waals surface area contributed by atoms with Gasteiger partial charge in [0.25, 0.3) is 0 Å². The Labute approximate surface area is 103 Å². The zero-order valence-electron chi connectivity index (χ0n) is 9.65. The Bertz CT molecular complexity index is 510. The summed E-state index contributed by atoms with van der Waals surface area (Å²) >= 11 is 0. The normalized spacial score (nSPS) is 10.3. The molecule has 18 heavy (non-hydrogen) atoms. The van der Waals surface area contributed by atoms with E-state index < -0.39 is 0 Å². The molecule has 8 heteroatoms. The van der Waals surface area contributed by atoms with Gasteiger partial charge in [0, 0.05) is 25.0 Å². The van der Waals surface area contributed by atoms with Crippen molar-refractivity contribution in [1.82, 2.24) is 25.0 Å². The van der Waals surface area contributed by atoms with Gasteiger partial charge in [-0.05, 0) is 12.6 Å². The Morgan fingerprint density at radius 1 is 1.39 bits per heavy atom. The van der Waals surface area contributed by atoms with Gasteiger partial charge < -0.3 is 5.73 Å². The number of hydrogen-bond donors (Lipinski definition) is 2. The second-order valence-electron chi connectivity index (χ2n) is 3.57. The van der Waals surface area contributed by atoms with Crippen LogP contribution in [0.5, 0.6) is 0 Å². The summed E-state index contributed by atoms with van der Waals surface area (Å²) in [4.78, 5) is 19.4. The van der Waals surface area contributed by atoms with Crippen molar-refractivity contribution in [2.24, 2.45) is 5.73 Å². The van der Waals surface area contributed by atoms with Crippen molar-refractivity contribution in [3.05, 3.63) is 30.4 Å². The summed E-state index contributed by atoms with van der Waals surface area (Å²) in [7, 11) is 0. The highest BCUT2D eigenvalue weighted by Crippen LogP contribution is 1.97. The maximum absolute atomic E-state index is 11.6. The number of carbonyl (C=O) groups is 1. The molecule has 0 aliphatic rings. The van der Waals surface area contributed by atoms with Gasteiger partial charge in [-0.15, -0.1) is 5.10 Å². The summed E-state index contributed by atoms with van der Waals surface area (Å²) in [5, 5.41) is 10.3. The van der Waals surface area contributed by atoms with E-state index in [9.17, 15) is 4.79 Å². The third-order valence-corrected chi connectivity index (χ3v) is 2.11. The average Bonchev–Trinajstić information content (AvgIpc) is 2.78. The molecule has 1 amide bonds. The molecule has 0 aromatic carbocycles. The van der Waals surface area contributed by atoms with Crippen LogP contribution < -0.4 is 11.1 Å². The zero-order chi connectivity index (χ0) is 12.8. The van der Waals surface area contributed by atoms with E-state index >= 15 is 0 Å². The fourth-order valence-electron chi connectivity index (χ4n) is 1.35. The van der Waals surface area contributed by atoms with Crippen LogP contribution in [-0.2, 0) is 17.8 Å². The van der Waals surface area contributed by atoms with Crippen LogP contribution in [0, 0.1) is 0 Å². The Morgan fingerprint density at radius 2 is 2.17 bits per heavy atom. The number of amides is 1. The second kappa shape index (κ2) is 5.82. The van der Waals surface area contributed by atoms with E-state index in [0.717, 1.165) is 5.69 Å². The SMILES string of the molecule is NCCc1cn(CC(=O)Nc2ncccn2)nn1. The summed E-state index contributed by atoms with van der Waals surface area (Å²) in [6.45, 7) is 0.568. The lowest BCUT2D eigenvalue weighted by molar-refractivity contribution is -0.117. The van der Waals surface area contributed by atoms with Gasteiger partial charge >= 0.3 is 0 Å². The highest BCUT2D eigenvalue weighted by Gasteiger charge is 2.07. The minimum Gasteiger partial charge on any atom is -0.330 e. The number of rotatable bonds is 5. The molecule has 0 spiro atoms. The Morgan fingerprint density at radius 3 is 2.89 bits per heavy atom. The van der Waals surface area contributed by atoms with Crippen molar-refractivity contribution in [2.75, 3.05) is 11.9 Å². The maximum Gasteiger partial charge on any atom is 0.248 e. The molecule has 0 unspecified atom stereocenters. The molecule has 0 atom stereocenters. The minimum atomic E-state index is -0.259. The van der Waals surface area contributed by atoms with E-state index in [1.165, 1.54) is 4.68 Å². The van der Waals surface area contributed by atoms with Gasteiger partial charge in [-0.1, -0.05) is 5.21 Å². The molecule has 0 aliphatic heterocycles. The van der Waals surface area contributed by atoms with Gasteiger partial charge in [-0.2, -0.15) is 0 Å². The van der Waals surface area contributed by atoms with Crippen LogP contribution in [0.15, 0.2) is 24.7 Å². The van der Waals surface area contributed by atoms with Gasteiger partial charge in [0.15, 0.2) is 0 Å². The number of nitrogens with zero attached hydrogens (tertiary/aromatic N) is 5. The first-order valence-electron chi connectivity index (χ1n) is 5.44. The van der Waals surface area contributed by atoms with Crippen LogP contribution >= 0.6 is 0 Å². The van der Waals surface area contributed by atoms with Crippen LogP contribution in [0.1, 0.15) is 5.69 Å². The van der Waals surface area contributed by atoms with Crippen LogP contribution in [-0.4, -0.2) is 37.4 Å². The molecule has 8 nitrogen and oxygen atoms in total. The molecule has 0 saturated heterocycles. The van der Waals surface area contributed by atoms with Crippen molar-refractivity contribution >= 4 is 11.9 Å². The minimum absolute atomic E-state index is 0.0653. The summed E-state index contributed by atoms with van der Waals surface area (Å²) in [5.41, 5.74) is 6.17. The average molecular weight is 247 g/mol. The van der Waals surface area contributed by atoms with Crippen LogP contribution in [0.2, 0.25) is 0 Å². The summed E-state index contributed by atoms with van der Waals surface area (Å²) in [6.07, 6.45) is 5.44. The number of nitrogens with one attached hydrogen (secondary N) is 1. The van der Waals surface area contributed by atoms with E-state index in [1.54, 1.807) is 24.7 Å². The molecule has 0 saturated carbocycles. The number of anilines is 1. The number of carbonyl (C=O) groups excluding carboxylic acids is 1. The third-order valence-electron chi connectivity index (χ3n) is 2.11. The summed E-state index contributed by atoms with van der Waals surface area (Å²) in [5.74, 6) is 0.00944.